The summed E-state index contributed by atoms with van der Waals surface area (Å²) >= 11 is 11.9. The van der Waals surface area contributed by atoms with E-state index in [2.05, 4.69) is 18.7 Å². The largest absolute Gasteiger partial charge is 0.143 e. The smallest absolute Gasteiger partial charge is 0.0417 e. The summed E-state index contributed by atoms with van der Waals surface area (Å²) in [5.74, 6) is 0. The van der Waals surface area contributed by atoms with Gasteiger partial charge in [0.25, 0.3) is 0 Å². The lowest BCUT2D eigenvalue weighted by atomic mass is 10.4. The summed E-state index contributed by atoms with van der Waals surface area (Å²) in [7, 11) is 0. The van der Waals surface area contributed by atoms with Crippen LogP contribution in [-0.4, -0.2) is 0 Å². The zero-order chi connectivity index (χ0) is 10.7. The molecule has 0 aliphatic carbocycles. The molecular weight excluding hydrogens is 244 g/mol. The minimum atomic E-state index is 0.766. The van der Waals surface area contributed by atoms with Gasteiger partial charge in [0.1, 0.15) is 0 Å². The van der Waals surface area contributed by atoms with Crippen molar-refractivity contribution in [2.24, 2.45) is 0 Å². The van der Waals surface area contributed by atoms with Gasteiger partial charge in [-0.3, -0.25) is 0 Å². The highest BCUT2D eigenvalue weighted by Gasteiger charge is 1.98. The molecule has 0 atom stereocenters. The van der Waals surface area contributed by atoms with Crippen molar-refractivity contribution >= 4 is 36.0 Å². The van der Waals surface area contributed by atoms with Crippen LogP contribution in [0.4, 0.5) is 0 Å². The van der Waals surface area contributed by atoms with Crippen molar-refractivity contribution in [2.45, 2.75) is 14.7 Å². The van der Waals surface area contributed by atoms with Crippen molar-refractivity contribution in [2.75, 3.05) is 0 Å². The Labute approximate surface area is 104 Å². The van der Waals surface area contributed by atoms with Crippen LogP contribution in [0.5, 0.6) is 0 Å². The first-order valence-electron chi connectivity index (χ1n) is 4.46. The van der Waals surface area contributed by atoms with Crippen molar-refractivity contribution in [3.05, 3.63) is 53.6 Å². The molecule has 0 aliphatic heterocycles. The molecule has 76 valence electrons. The highest BCUT2D eigenvalue weighted by molar-refractivity contribution is 7.99. The third-order valence-corrected chi connectivity index (χ3v) is 3.34. The van der Waals surface area contributed by atoms with Gasteiger partial charge in [0.05, 0.1) is 0 Å². The fraction of sp³-hybridized carbons (Fsp3) is 0. The first-order valence-corrected chi connectivity index (χ1v) is 6.11. The van der Waals surface area contributed by atoms with Crippen LogP contribution in [0.2, 0.25) is 5.02 Å². The van der Waals surface area contributed by atoms with Gasteiger partial charge in [-0.1, -0.05) is 35.5 Å². The quantitative estimate of drug-likeness (QED) is 0.751. The van der Waals surface area contributed by atoms with Crippen LogP contribution in [-0.2, 0) is 0 Å². The summed E-state index contributed by atoms with van der Waals surface area (Å²) in [5.41, 5.74) is 0. The van der Waals surface area contributed by atoms with E-state index in [-0.39, 0.29) is 0 Å². The van der Waals surface area contributed by atoms with E-state index in [4.69, 9.17) is 11.6 Å². The lowest BCUT2D eigenvalue weighted by Crippen LogP contribution is -1.74. The number of halogens is 1. The van der Waals surface area contributed by atoms with Crippen LogP contribution >= 0.6 is 36.0 Å². The Bertz CT molecular complexity index is 425. The van der Waals surface area contributed by atoms with E-state index < -0.39 is 0 Å². The Balaban J connectivity index is 2.22. The maximum absolute atomic E-state index is 5.91. The zero-order valence-electron chi connectivity index (χ0n) is 7.85. The molecule has 0 fully saturated rings. The topological polar surface area (TPSA) is 0 Å². The molecular formula is C12H9ClS2. The molecule has 2 aromatic rings. The first-order chi connectivity index (χ1) is 7.24. The Hall–Kier alpha value is -0.570. The molecule has 0 nitrogen and oxygen atoms in total. The molecule has 15 heavy (non-hydrogen) atoms. The summed E-state index contributed by atoms with van der Waals surface area (Å²) in [5, 5.41) is 0.766. The molecule has 0 amide bonds. The average Bonchev–Trinajstić information content (AvgIpc) is 2.17. The maximum Gasteiger partial charge on any atom is 0.0417 e. The predicted molar refractivity (Wildman–Crippen MR) is 69.3 cm³/mol. The summed E-state index contributed by atoms with van der Waals surface area (Å²) in [6.45, 7) is 0. The van der Waals surface area contributed by atoms with Gasteiger partial charge < -0.3 is 0 Å². The monoisotopic (exact) mass is 252 g/mol. The second-order valence-electron chi connectivity index (χ2n) is 3.06. The van der Waals surface area contributed by atoms with Crippen LogP contribution in [0.3, 0.4) is 0 Å². The van der Waals surface area contributed by atoms with Gasteiger partial charge >= 0.3 is 0 Å². The van der Waals surface area contributed by atoms with Gasteiger partial charge in [-0.25, -0.2) is 0 Å². The van der Waals surface area contributed by atoms with Crippen molar-refractivity contribution < 1.29 is 0 Å². The van der Waals surface area contributed by atoms with Crippen molar-refractivity contribution in [3.8, 4) is 0 Å². The first kappa shape index (κ1) is 10.9. The number of thiol groups is 1. The summed E-state index contributed by atoms with van der Waals surface area (Å²) < 4.78 is 0. The van der Waals surface area contributed by atoms with E-state index in [1.165, 1.54) is 4.90 Å². The van der Waals surface area contributed by atoms with E-state index in [0.29, 0.717) is 0 Å². The predicted octanol–water partition coefficient (Wildman–Crippen LogP) is 4.78. The molecule has 0 N–H and O–H groups in total. The van der Waals surface area contributed by atoms with Crippen molar-refractivity contribution in [3.63, 3.8) is 0 Å². The fourth-order valence-electron chi connectivity index (χ4n) is 1.21. The molecule has 0 radical (unpaired) electrons. The van der Waals surface area contributed by atoms with E-state index in [9.17, 15) is 0 Å². The minimum absolute atomic E-state index is 0.766. The fourth-order valence-corrected chi connectivity index (χ4v) is 2.72. The van der Waals surface area contributed by atoms with E-state index in [1.807, 2.05) is 42.5 Å². The minimum Gasteiger partial charge on any atom is -0.143 e. The average molecular weight is 253 g/mol. The Kier molecular flexibility index (Phi) is 3.62. The van der Waals surface area contributed by atoms with E-state index in [1.54, 1.807) is 11.8 Å². The van der Waals surface area contributed by atoms with Crippen LogP contribution in [0.1, 0.15) is 0 Å². The van der Waals surface area contributed by atoms with E-state index >= 15 is 0 Å². The molecule has 2 aromatic carbocycles. The molecule has 0 saturated carbocycles. The molecule has 0 saturated heterocycles. The summed E-state index contributed by atoms with van der Waals surface area (Å²) in [4.78, 5) is 3.29. The van der Waals surface area contributed by atoms with Crippen LogP contribution in [0, 0.1) is 0 Å². The van der Waals surface area contributed by atoms with Gasteiger partial charge in [0.15, 0.2) is 0 Å². The highest BCUT2D eigenvalue weighted by atomic mass is 35.5. The number of hydrogen-bond acceptors (Lipinski definition) is 2. The lowest BCUT2D eigenvalue weighted by Gasteiger charge is -2.02. The second-order valence-corrected chi connectivity index (χ2v) is 5.16. The lowest BCUT2D eigenvalue weighted by molar-refractivity contribution is 1.33. The van der Waals surface area contributed by atoms with Crippen molar-refractivity contribution in [1.29, 1.82) is 0 Å². The third kappa shape index (κ3) is 3.20. The standard InChI is InChI=1S/C12H9ClS2/c13-9-3-1-5-11(7-9)15-12-6-2-4-10(14)8-12/h1-8,14H. The van der Waals surface area contributed by atoms with Gasteiger partial charge in [0.2, 0.25) is 0 Å². The van der Waals surface area contributed by atoms with Gasteiger partial charge in [-0.15, -0.1) is 12.6 Å². The Morgan fingerprint density at radius 3 is 2.27 bits per heavy atom. The molecule has 0 bridgehead atoms. The summed E-state index contributed by atoms with van der Waals surface area (Å²) in [6.07, 6.45) is 0. The Morgan fingerprint density at radius 1 is 0.933 bits per heavy atom. The van der Waals surface area contributed by atoms with E-state index in [0.717, 1.165) is 14.8 Å². The van der Waals surface area contributed by atoms with Crippen LogP contribution < -0.4 is 0 Å². The number of hydrogen-bond donors (Lipinski definition) is 1. The van der Waals surface area contributed by atoms with Gasteiger partial charge in [0, 0.05) is 19.7 Å². The Morgan fingerprint density at radius 2 is 1.60 bits per heavy atom. The molecule has 0 aliphatic rings. The zero-order valence-corrected chi connectivity index (χ0v) is 10.3. The normalized spacial score (nSPS) is 10.3. The highest BCUT2D eigenvalue weighted by Crippen LogP contribution is 2.30. The second kappa shape index (κ2) is 4.97. The number of benzene rings is 2. The molecule has 0 aromatic heterocycles. The molecule has 0 heterocycles. The van der Waals surface area contributed by atoms with Gasteiger partial charge in [-0.05, 0) is 36.4 Å². The number of rotatable bonds is 2. The van der Waals surface area contributed by atoms with Crippen LogP contribution in [0.25, 0.3) is 0 Å². The molecule has 3 heteroatoms. The molecule has 2 rings (SSSR count). The maximum atomic E-state index is 5.91. The molecule has 0 unspecified atom stereocenters. The van der Waals surface area contributed by atoms with Crippen molar-refractivity contribution in [1.82, 2.24) is 0 Å². The summed E-state index contributed by atoms with van der Waals surface area (Å²) in [6, 6.07) is 15.9. The third-order valence-electron chi connectivity index (χ3n) is 1.85. The van der Waals surface area contributed by atoms with Crippen LogP contribution in [0.15, 0.2) is 63.2 Å². The molecule has 0 spiro atoms. The van der Waals surface area contributed by atoms with Gasteiger partial charge in [-0.2, -0.15) is 0 Å². The SMILES string of the molecule is Sc1cccc(Sc2cccc(Cl)c2)c1.